The summed E-state index contributed by atoms with van der Waals surface area (Å²) in [6, 6.07) is 15.6. The zero-order valence-electron chi connectivity index (χ0n) is 14.3. The predicted octanol–water partition coefficient (Wildman–Crippen LogP) is 4.03. The first-order valence-corrected chi connectivity index (χ1v) is 9.21. The highest BCUT2D eigenvalue weighted by atomic mass is 32.2. The average molecular weight is 352 g/mol. The SMILES string of the molecule is Cc1ccc(-n2nnnc2SCCCC(=O)c2ccccc2)c(C)c1. The second kappa shape index (κ2) is 8.07. The van der Waals surface area contributed by atoms with Crippen molar-refractivity contribution in [3.8, 4) is 5.69 Å². The van der Waals surface area contributed by atoms with Crippen LogP contribution in [0.2, 0.25) is 0 Å². The minimum Gasteiger partial charge on any atom is -0.294 e. The molecule has 0 aliphatic rings. The molecule has 0 aliphatic carbocycles. The first-order chi connectivity index (χ1) is 12.1. The number of carbonyl (C=O) groups is 1. The fourth-order valence-corrected chi connectivity index (χ4v) is 3.45. The molecule has 3 aromatic rings. The van der Waals surface area contributed by atoms with E-state index in [1.807, 2.05) is 36.4 Å². The van der Waals surface area contributed by atoms with Gasteiger partial charge in [0.2, 0.25) is 5.16 Å². The smallest absolute Gasteiger partial charge is 0.214 e. The Kier molecular flexibility index (Phi) is 5.60. The number of hydrogen-bond donors (Lipinski definition) is 0. The largest absolute Gasteiger partial charge is 0.294 e. The molecule has 2 aromatic carbocycles. The number of tetrazole rings is 1. The highest BCUT2D eigenvalue weighted by Crippen LogP contribution is 2.22. The Bertz CT molecular complexity index is 861. The van der Waals surface area contributed by atoms with Gasteiger partial charge in [-0.25, -0.2) is 0 Å². The number of ketones is 1. The lowest BCUT2D eigenvalue weighted by Gasteiger charge is -2.08. The van der Waals surface area contributed by atoms with E-state index in [1.165, 1.54) is 5.56 Å². The quantitative estimate of drug-likeness (QED) is 0.365. The van der Waals surface area contributed by atoms with Crippen LogP contribution in [0.3, 0.4) is 0 Å². The van der Waals surface area contributed by atoms with Crippen molar-refractivity contribution in [2.45, 2.75) is 31.8 Å². The molecule has 0 N–H and O–H groups in total. The van der Waals surface area contributed by atoms with Crippen LogP contribution in [0.5, 0.6) is 0 Å². The van der Waals surface area contributed by atoms with E-state index in [0.717, 1.165) is 34.1 Å². The Morgan fingerprint density at radius 3 is 2.68 bits per heavy atom. The molecule has 25 heavy (non-hydrogen) atoms. The molecule has 1 heterocycles. The monoisotopic (exact) mass is 352 g/mol. The fourth-order valence-electron chi connectivity index (χ4n) is 2.63. The standard InChI is InChI=1S/C19H20N4OS/c1-14-10-11-17(15(2)13-14)23-19(20-21-22-23)25-12-6-9-18(24)16-7-4-3-5-8-16/h3-5,7-8,10-11,13H,6,9,12H2,1-2H3. The van der Waals surface area contributed by atoms with E-state index in [0.29, 0.717) is 6.42 Å². The molecule has 0 atom stereocenters. The van der Waals surface area contributed by atoms with Crippen LogP contribution >= 0.6 is 11.8 Å². The molecular weight excluding hydrogens is 332 g/mol. The van der Waals surface area contributed by atoms with E-state index in [2.05, 4.69) is 41.5 Å². The third-order valence-corrected chi connectivity index (χ3v) is 4.90. The third-order valence-electron chi connectivity index (χ3n) is 3.90. The summed E-state index contributed by atoms with van der Waals surface area (Å²) in [6.45, 7) is 4.12. The minimum atomic E-state index is 0.176. The average Bonchev–Trinajstić information content (AvgIpc) is 3.07. The maximum Gasteiger partial charge on any atom is 0.214 e. The summed E-state index contributed by atoms with van der Waals surface area (Å²) in [5, 5.41) is 12.8. The van der Waals surface area contributed by atoms with Crippen molar-refractivity contribution in [2.24, 2.45) is 0 Å². The van der Waals surface area contributed by atoms with Crippen molar-refractivity contribution in [3.05, 3.63) is 65.2 Å². The van der Waals surface area contributed by atoms with E-state index < -0.39 is 0 Å². The molecule has 3 rings (SSSR count). The number of hydrogen-bond acceptors (Lipinski definition) is 5. The summed E-state index contributed by atoms with van der Waals surface area (Å²) in [6.07, 6.45) is 1.32. The van der Waals surface area contributed by atoms with E-state index >= 15 is 0 Å². The molecule has 0 aliphatic heterocycles. The van der Waals surface area contributed by atoms with Crippen LogP contribution in [0.25, 0.3) is 5.69 Å². The molecule has 0 amide bonds. The Labute approximate surface area is 151 Å². The predicted molar refractivity (Wildman–Crippen MR) is 99.4 cm³/mol. The maximum absolute atomic E-state index is 12.1. The van der Waals surface area contributed by atoms with Crippen molar-refractivity contribution < 1.29 is 4.79 Å². The van der Waals surface area contributed by atoms with Crippen molar-refractivity contribution in [1.29, 1.82) is 0 Å². The number of nitrogens with zero attached hydrogens (tertiary/aromatic N) is 4. The van der Waals surface area contributed by atoms with E-state index in [4.69, 9.17) is 0 Å². The van der Waals surface area contributed by atoms with Gasteiger partial charge in [0.05, 0.1) is 5.69 Å². The molecule has 5 nitrogen and oxygen atoms in total. The second-order valence-corrected chi connectivity index (χ2v) is 6.97. The van der Waals surface area contributed by atoms with Gasteiger partial charge in [-0.15, -0.1) is 5.10 Å². The third kappa shape index (κ3) is 4.33. The summed E-state index contributed by atoms with van der Waals surface area (Å²) in [7, 11) is 0. The Balaban J connectivity index is 1.58. The maximum atomic E-state index is 12.1. The fraction of sp³-hybridized carbons (Fsp3) is 0.263. The molecule has 0 bridgehead atoms. The molecular formula is C19H20N4OS. The van der Waals surface area contributed by atoms with Gasteiger partial charge in [-0.2, -0.15) is 4.68 Å². The van der Waals surface area contributed by atoms with Crippen molar-refractivity contribution in [2.75, 3.05) is 5.75 Å². The summed E-state index contributed by atoms with van der Waals surface area (Å²) >= 11 is 1.57. The van der Waals surface area contributed by atoms with Crippen molar-refractivity contribution >= 4 is 17.5 Å². The van der Waals surface area contributed by atoms with Crippen LogP contribution < -0.4 is 0 Å². The van der Waals surface area contributed by atoms with Crippen LogP contribution in [0.4, 0.5) is 0 Å². The Morgan fingerprint density at radius 1 is 1.12 bits per heavy atom. The summed E-state index contributed by atoms with van der Waals surface area (Å²) in [4.78, 5) is 12.1. The summed E-state index contributed by atoms with van der Waals surface area (Å²) in [5.41, 5.74) is 4.10. The van der Waals surface area contributed by atoms with E-state index in [-0.39, 0.29) is 5.78 Å². The lowest BCUT2D eigenvalue weighted by molar-refractivity contribution is 0.0982. The molecule has 6 heteroatoms. The highest BCUT2D eigenvalue weighted by molar-refractivity contribution is 7.99. The molecule has 0 saturated heterocycles. The van der Waals surface area contributed by atoms with Gasteiger partial charge in [0.15, 0.2) is 5.78 Å². The van der Waals surface area contributed by atoms with Gasteiger partial charge in [-0.1, -0.05) is 59.8 Å². The zero-order valence-corrected chi connectivity index (χ0v) is 15.2. The number of Topliss-reactive ketones (excluding diaryl/α,β-unsaturated/α-hetero) is 1. The first-order valence-electron chi connectivity index (χ1n) is 8.22. The van der Waals surface area contributed by atoms with Gasteiger partial charge in [-0.05, 0) is 42.3 Å². The minimum absolute atomic E-state index is 0.176. The van der Waals surface area contributed by atoms with Gasteiger partial charge in [0, 0.05) is 17.7 Å². The molecule has 0 spiro atoms. The number of rotatable bonds is 7. The number of thioether (sulfide) groups is 1. The van der Waals surface area contributed by atoms with Crippen LogP contribution in [-0.2, 0) is 0 Å². The van der Waals surface area contributed by atoms with Gasteiger partial charge >= 0.3 is 0 Å². The number of aryl methyl sites for hydroxylation is 2. The molecule has 0 fully saturated rings. The Morgan fingerprint density at radius 2 is 1.92 bits per heavy atom. The molecule has 0 unspecified atom stereocenters. The van der Waals surface area contributed by atoms with Crippen LogP contribution in [0, 0.1) is 13.8 Å². The van der Waals surface area contributed by atoms with E-state index in [9.17, 15) is 4.79 Å². The Hall–Kier alpha value is -2.47. The molecule has 1 aromatic heterocycles. The number of aromatic nitrogens is 4. The van der Waals surface area contributed by atoms with Gasteiger partial charge in [0.25, 0.3) is 0 Å². The highest BCUT2D eigenvalue weighted by Gasteiger charge is 2.12. The van der Waals surface area contributed by atoms with Crippen LogP contribution in [-0.4, -0.2) is 31.7 Å². The van der Waals surface area contributed by atoms with Gasteiger partial charge in [0.1, 0.15) is 0 Å². The summed E-state index contributed by atoms with van der Waals surface area (Å²) in [5.74, 6) is 0.972. The number of benzene rings is 2. The van der Waals surface area contributed by atoms with Gasteiger partial charge < -0.3 is 0 Å². The number of carbonyl (C=O) groups excluding carboxylic acids is 1. The van der Waals surface area contributed by atoms with Crippen molar-refractivity contribution in [1.82, 2.24) is 20.2 Å². The van der Waals surface area contributed by atoms with Gasteiger partial charge in [-0.3, -0.25) is 4.79 Å². The second-order valence-electron chi connectivity index (χ2n) is 5.90. The normalized spacial score (nSPS) is 10.8. The van der Waals surface area contributed by atoms with Crippen LogP contribution in [0.1, 0.15) is 34.3 Å². The van der Waals surface area contributed by atoms with Crippen molar-refractivity contribution in [3.63, 3.8) is 0 Å². The molecule has 0 radical (unpaired) electrons. The summed E-state index contributed by atoms with van der Waals surface area (Å²) < 4.78 is 1.76. The lowest BCUT2D eigenvalue weighted by Crippen LogP contribution is -2.03. The van der Waals surface area contributed by atoms with Crippen LogP contribution in [0.15, 0.2) is 53.7 Å². The molecule has 128 valence electrons. The van der Waals surface area contributed by atoms with E-state index in [1.54, 1.807) is 16.4 Å². The topological polar surface area (TPSA) is 60.7 Å². The lowest BCUT2D eigenvalue weighted by atomic mass is 10.1. The first kappa shape index (κ1) is 17.4. The molecule has 0 saturated carbocycles. The zero-order chi connectivity index (χ0) is 17.6.